The molecule has 1 fully saturated rings. The maximum atomic E-state index is 11.2. The SMILES string of the molecule is O=C(O)N1CCNCC1c1ccc2nsnc2c1. The van der Waals surface area contributed by atoms with E-state index < -0.39 is 6.09 Å². The number of hydrogen-bond acceptors (Lipinski definition) is 5. The number of hydrogen-bond donors (Lipinski definition) is 2. The van der Waals surface area contributed by atoms with Crippen molar-refractivity contribution in [2.75, 3.05) is 19.6 Å². The van der Waals surface area contributed by atoms with Crippen LogP contribution in [0.25, 0.3) is 11.0 Å². The van der Waals surface area contributed by atoms with Crippen molar-refractivity contribution in [2.45, 2.75) is 6.04 Å². The summed E-state index contributed by atoms with van der Waals surface area (Å²) in [6.45, 7) is 1.84. The van der Waals surface area contributed by atoms with Crippen LogP contribution < -0.4 is 5.32 Å². The average molecular weight is 264 g/mol. The molecular weight excluding hydrogens is 252 g/mol. The van der Waals surface area contributed by atoms with Gasteiger partial charge in [-0.15, -0.1) is 0 Å². The maximum Gasteiger partial charge on any atom is 0.407 e. The summed E-state index contributed by atoms with van der Waals surface area (Å²) < 4.78 is 8.33. The molecule has 7 heteroatoms. The number of nitrogens with zero attached hydrogens (tertiary/aromatic N) is 3. The second-order valence-corrected chi connectivity index (χ2v) is 4.74. The first-order valence-corrected chi connectivity index (χ1v) is 6.41. The van der Waals surface area contributed by atoms with Gasteiger partial charge in [-0.1, -0.05) is 6.07 Å². The van der Waals surface area contributed by atoms with Gasteiger partial charge in [-0.25, -0.2) is 4.79 Å². The summed E-state index contributed by atoms with van der Waals surface area (Å²) >= 11 is 1.17. The number of benzene rings is 1. The highest BCUT2D eigenvalue weighted by atomic mass is 32.1. The molecule has 2 N–H and O–H groups in total. The number of aromatic nitrogens is 2. The van der Waals surface area contributed by atoms with Crippen molar-refractivity contribution in [3.05, 3.63) is 23.8 Å². The predicted molar refractivity (Wildman–Crippen MR) is 67.8 cm³/mol. The fourth-order valence-electron chi connectivity index (χ4n) is 2.24. The van der Waals surface area contributed by atoms with E-state index >= 15 is 0 Å². The van der Waals surface area contributed by atoms with Gasteiger partial charge in [-0.3, -0.25) is 4.90 Å². The highest BCUT2D eigenvalue weighted by Gasteiger charge is 2.27. The molecule has 1 aromatic heterocycles. The molecule has 1 saturated heterocycles. The molecule has 1 aliphatic rings. The molecule has 0 aliphatic carbocycles. The average Bonchev–Trinajstić information content (AvgIpc) is 2.85. The zero-order valence-corrected chi connectivity index (χ0v) is 10.4. The van der Waals surface area contributed by atoms with Crippen LogP contribution in [0, 0.1) is 0 Å². The standard InChI is InChI=1S/C11H12N4O2S/c16-11(17)15-4-3-12-6-10(15)7-1-2-8-9(5-7)14-18-13-8/h1-2,5,10,12H,3-4,6H2,(H,16,17). The van der Waals surface area contributed by atoms with Gasteiger partial charge in [-0.2, -0.15) is 8.75 Å². The minimum absolute atomic E-state index is 0.151. The van der Waals surface area contributed by atoms with Gasteiger partial charge in [0.05, 0.1) is 17.8 Å². The Labute approximate surface area is 108 Å². The van der Waals surface area contributed by atoms with Crippen molar-refractivity contribution >= 4 is 28.9 Å². The molecule has 2 heterocycles. The number of piperazine rings is 1. The van der Waals surface area contributed by atoms with Gasteiger partial charge in [0.2, 0.25) is 0 Å². The first kappa shape index (κ1) is 11.4. The predicted octanol–water partition coefficient (Wildman–Crippen LogP) is 1.32. The third kappa shape index (κ3) is 1.91. The largest absolute Gasteiger partial charge is 0.465 e. The Hall–Kier alpha value is -1.73. The fourth-order valence-corrected chi connectivity index (χ4v) is 2.75. The topological polar surface area (TPSA) is 78.4 Å². The third-order valence-electron chi connectivity index (χ3n) is 3.15. The third-order valence-corrected chi connectivity index (χ3v) is 3.71. The molecule has 0 spiro atoms. The summed E-state index contributed by atoms with van der Waals surface area (Å²) in [6.07, 6.45) is -0.877. The number of carboxylic acid groups (broad SMARTS) is 1. The molecule has 1 aromatic carbocycles. The Bertz CT molecular complexity index is 585. The second-order valence-electron chi connectivity index (χ2n) is 4.21. The van der Waals surface area contributed by atoms with E-state index in [1.165, 1.54) is 16.6 Å². The summed E-state index contributed by atoms with van der Waals surface area (Å²) in [7, 11) is 0. The summed E-state index contributed by atoms with van der Waals surface area (Å²) in [5.41, 5.74) is 2.65. The van der Waals surface area contributed by atoms with Crippen molar-refractivity contribution in [1.29, 1.82) is 0 Å². The molecule has 0 saturated carbocycles. The number of fused-ring (bicyclic) bond motifs is 1. The van der Waals surface area contributed by atoms with Crippen molar-refractivity contribution in [3.63, 3.8) is 0 Å². The monoisotopic (exact) mass is 264 g/mol. The highest BCUT2D eigenvalue weighted by Crippen LogP contribution is 2.25. The van der Waals surface area contributed by atoms with Crippen LogP contribution >= 0.6 is 11.7 Å². The normalized spacial score (nSPS) is 20.2. The van der Waals surface area contributed by atoms with E-state index in [9.17, 15) is 9.90 Å². The van der Waals surface area contributed by atoms with Crippen LogP contribution in [0.3, 0.4) is 0 Å². The van der Waals surface area contributed by atoms with E-state index in [0.29, 0.717) is 19.6 Å². The van der Waals surface area contributed by atoms with Crippen molar-refractivity contribution in [1.82, 2.24) is 19.0 Å². The van der Waals surface area contributed by atoms with Gasteiger partial charge >= 0.3 is 6.09 Å². The van der Waals surface area contributed by atoms with E-state index in [1.54, 1.807) is 0 Å². The first-order chi connectivity index (χ1) is 8.75. The smallest absolute Gasteiger partial charge is 0.407 e. The molecular formula is C11H12N4O2S. The molecule has 18 heavy (non-hydrogen) atoms. The second kappa shape index (κ2) is 4.51. The molecule has 1 amide bonds. The van der Waals surface area contributed by atoms with Crippen molar-refractivity contribution in [2.24, 2.45) is 0 Å². The quantitative estimate of drug-likeness (QED) is 0.812. The van der Waals surface area contributed by atoms with Crippen LogP contribution in [0.4, 0.5) is 4.79 Å². The minimum Gasteiger partial charge on any atom is -0.465 e. The van der Waals surface area contributed by atoms with Crippen LogP contribution in [0.15, 0.2) is 18.2 Å². The van der Waals surface area contributed by atoms with Gasteiger partial charge in [-0.05, 0) is 17.7 Å². The van der Waals surface area contributed by atoms with Gasteiger partial charge < -0.3 is 10.4 Å². The van der Waals surface area contributed by atoms with Crippen LogP contribution in [-0.4, -0.2) is 44.5 Å². The summed E-state index contributed by atoms with van der Waals surface area (Å²) in [5.74, 6) is 0. The van der Waals surface area contributed by atoms with Crippen LogP contribution in [0.5, 0.6) is 0 Å². The molecule has 0 radical (unpaired) electrons. The van der Waals surface area contributed by atoms with Crippen LogP contribution in [0.2, 0.25) is 0 Å². The van der Waals surface area contributed by atoms with Gasteiger partial charge in [0.25, 0.3) is 0 Å². The molecule has 3 rings (SSSR count). The molecule has 6 nitrogen and oxygen atoms in total. The Balaban J connectivity index is 1.97. The molecule has 0 bridgehead atoms. The van der Waals surface area contributed by atoms with Gasteiger partial charge in [0, 0.05) is 19.6 Å². The Morgan fingerprint density at radius 3 is 3.11 bits per heavy atom. The first-order valence-electron chi connectivity index (χ1n) is 5.68. The van der Waals surface area contributed by atoms with E-state index in [0.717, 1.165) is 16.6 Å². The van der Waals surface area contributed by atoms with E-state index in [2.05, 4.69) is 14.1 Å². The number of amides is 1. The number of carbonyl (C=O) groups is 1. The molecule has 94 valence electrons. The highest BCUT2D eigenvalue weighted by molar-refractivity contribution is 7.00. The lowest BCUT2D eigenvalue weighted by Crippen LogP contribution is -2.48. The lowest BCUT2D eigenvalue weighted by atomic mass is 10.0. The summed E-state index contributed by atoms with van der Waals surface area (Å²) in [4.78, 5) is 12.7. The summed E-state index contributed by atoms with van der Waals surface area (Å²) in [6, 6.07) is 5.59. The Morgan fingerprint density at radius 1 is 1.44 bits per heavy atom. The van der Waals surface area contributed by atoms with Crippen LogP contribution in [-0.2, 0) is 0 Å². The molecule has 1 atom stereocenters. The summed E-state index contributed by atoms with van der Waals surface area (Å²) in [5, 5.41) is 12.4. The fraction of sp³-hybridized carbons (Fsp3) is 0.364. The van der Waals surface area contributed by atoms with Gasteiger partial charge in [0.15, 0.2) is 0 Å². The molecule has 2 aromatic rings. The Kier molecular flexibility index (Phi) is 2.85. The number of nitrogens with one attached hydrogen (secondary N) is 1. The van der Waals surface area contributed by atoms with Crippen molar-refractivity contribution in [3.8, 4) is 0 Å². The zero-order chi connectivity index (χ0) is 12.5. The molecule has 1 unspecified atom stereocenters. The maximum absolute atomic E-state index is 11.2. The van der Waals surface area contributed by atoms with Crippen LogP contribution in [0.1, 0.15) is 11.6 Å². The van der Waals surface area contributed by atoms with E-state index in [-0.39, 0.29) is 6.04 Å². The van der Waals surface area contributed by atoms with E-state index in [4.69, 9.17) is 0 Å². The lowest BCUT2D eigenvalue weighted by Gasteiger charge is -2.34. The lowest BCUT2D eigenvalue weighted by molar-refractivity contribution is 0.112. The number of rotatable bonds is 1. The molecule has 1 aliphatic heterocycles. The van der Waals surface area contributed by atoms with Crippen molar-refractivity contribution < 1.29 is 9.90 Å². The van der Waals surface area contributed by atoms with Gasteiger partial charge in [0.1, 0.15) is 11.0 Å². The zero-order valence-electron chi connectivity index (χ0n) is 9.54. The van der Waals surface area contributed by atoms with E-state index in [1.807, 2.05) is 18.2 Å². The minimum atomic E-state index is -0.877. The Morgan fingerprint density at radius 2 is 2.28 bits per heavy atom.